The van der Waals surface area contributed by atoms with Gasteiger partial charge in [0.15, 0.2) is 0 Å². The third kappa shape index (κ3) is 3.49. The number of carbonyl (C=O) groups is 1. The molecule has 0 N–H and O–H groups in total. The largest absolute Gasteiger partial charge is 0.496 e. The van der Waals surface area contributed by atoms with Gasteiger partial charge in [0.05, 0.1) is 18.6 Å². The van der Waals surface area contributed by atoms with E-state index in [9.17, 15) is 13.2 Å². The van der Waals surface area contributed by atoms with E-state index < -0.39 is 16.1 Å². The first-order chi connectivity index (χ1) is 11.3. The Morgan fingerprint density at radius 2 is 1.75 bits per heavy atom. The number of benzene rings is 1. The van der Waals surface area contributed by atoms with Crippen LogP contribution >= 0.6 is 0 Å². The van der Waals surface area contributed by atoms with E-state index in [0.717, 1.165) is 5.56 Å². The number of piperazine rings is 1. The minimum atomic E-state index is -3.60. The average Bonchev–Trinajstić information content (AvgIpc) is 2.57. The number of amides is 1. The number of methoxy groups -OCH3 is 1. The zero-order chi connectivity index (χ0) is 17.9. The van der Waals surface area contributed by atoms with E-state index in [4.69, 9.17) is 9.47 Å². The van der Waals surface area contributed by atoms with Crippen molar-refractivity contribution in [2.75, 3.05) is 39.9 Å². The second-order valence-corrected chi connectivity index (χ2v) is 7.51. The van der Waals surface area contributed by atoms with Crippen LogP contribution in [0.4, 0.5) is 4.79 Å². The van der Waals surface area contributed by atoms with Crippen LogP contribution in [0.2, 0.25) is 0 Å². The van der Waals surface area contributed by atoms with Crippen molar-refractivity contribution in [1.29, 1.82) is 0 Å². The fraction of sp³-hybridized carbons (Fsp3) is 0.562. The molecule has 1 fully saturated rings. The molecule has 0 saturated carbocycles. The zero-order valence-electron chi connectivity index (χ0n) is 14.5. The lowest BCUT2D eigenvalue weighted by Crippen LogP contribution is -2.50. The average molecular weight is 356 g/mol. The molecule has 1 aromatic carbocycles. The Labute approximate surface area is 143 Å². The van der Waals surface area contributed by atoms with Crippen molar-refractivity contribution < 1.29 is 22.7 Å². The highest BCUT2D eigenvalue weighted by Crippen LogP contribution is 2.29. The Hall–Kier alpha value is -1.80. The first-order valence-corrected chi connectivity index (χ1v) is 9.33. The van der Waals surface area contributed by atoms with Crippen molar-refractivity contribution in [3.05, 3.63) is 23.3 Å². The third-order valence-corrected chi connectivity index (χ3v) is 6.33. The van der Waals surface area contributed by atoms with Crippen LogP contribution in [-0.2, 0) is 14.8 Å². The van der Waals surface area contributed by atoms with Crippen LogP contribution in [0.1, 0.15) is 18.1 Å². The summed E-state index contributed by atoms with van der Waals surface area (Å²) in [6.45, 7) is 6.83. The normalized spacial score (nSPS) is 16.1. The molecule has 0 atom stereocenters. The second-order valence-electron chi connectivity index (χ2n) is 5.61. The molecule has 0 unspecified atom stereocenters. The van der Waals surface area contributed by atoms with E-state index in [0.29, 0.717) is 31.0 Å². The number of hydrogen-bond donors (Lipinski definition) is 0. The molecule has 0 radical (unpaired) electrons. The monoisotopic (exact) mass is 356 g/mol. The molecule has 1 aromatic rings. The predicted octanol–water partition coefficient (Wildman–Crippen LogP) is 1.77. The van der Waals surface area contributed by atoms with Gasteiger partial charge in [-0.15, -0.1) is 0 Å². The molecule has 134 valence electrons. The molecule has 1 aliphatic heterocycles. The third-order valence-electron chi connectivity index (χ3n) is 4.29. The predicted molar refractivity (Wildman–Crippen MR) is 89.8 cm³/mol. The Kier molecular flexibility index (Phi) is 5.71. The van der Waals surface area contributed by atoms with E-state index in [1.54, 1.807) is 33.1 Å². The summed E-state index contributed by atoms with van der Waals surface area (Å²) in [6.07, 6.45) is -0.397. The molecule has 0 aliphatic carbocycles. The fourth-order valence-corrected chi connectivity index (χ4v) is 4.44. The Bertz CT molecular complexity index is 709. The van der Waals surface area contributed by atoms with Crippen molar-refractivity contribution >= 4 is 16.1 Å². The van der Waals surface area contributed by atoms with Gasteiger partial charge in [-0.3, -0.25) is 0 Å². The van der Waals surface area contributed by atoms with Crippen molar-refractivity contribution in [3.8, 4) is 5.75 Å². The van der Waals surface area contributed by atoms with Gasteiger partial charge >= 0.3 is 6.09 Å². The summed E-state index contributed by atoms with van der Waals surface area (Å²) in [6, 6.07) is 3.25. The van der Waals surface area contributed by atoms with Crippen LogP contribution in [0.25, 0.3) is 0 Å². The molecule has 0 aromatic heterocycles. The number of hydrogen-bond acceptors (Lipinski definition) is 5. The molecular weight excluding hydrogens is 332 g/mol. The van der Waals surface area contributed by atoms with Crippen molar-refractivity contribution in [3.63, 3.8) is 0 Å². The molecular formula is C16H24N2O5S. The number of ether oxygens (including phenoxy) is 2. The van der Waals surface area contributed by atoms with Crippen molar-refractivity contribution in [1.82, 2.24) is 9.21 Å². The molecule has 24 heavy (non-hydrogen) atoms. The van der Waals surface area contributed by atoms with Gasteiger partial charge in [0, 0.05) is 26.2 Å². The first-order valence-electron chi connectivity index (χ1n) is 7.89. The van der Waals surface area contributed by atoms with E-state index >= 15 is 0 Å². The van der Waals surface area contributed by atoms with Gasteiger partial charge in [0.2, 0.25) is 10.0 Å². The molecule has 1 saturated heterocycles. The molecule has 1 aliphatic rings. The van der Waals surface area contributed by atoms with E-state index in [-0.39, 0.29) is 18.0 Å². The molecule has 1 heterocycles. The number of nitrogens with zero attached hydrogens (tertiary/aromatic N) is 2. The van der Waals surface area contributed by atoms with Crippen LogP contribution in [0.5, 0.6) is 5.75 Å². The minimum absolute atomic E-state index is 0.256. The highest BCUT2D eigenvalue weighted by molar-refractivity contribution is 7.89. The molecule has 2 rings (SSSR count). The Morgan fingerprint density at radius 3 is 2.29 bits per heavy atom. The van der Waals surface area contributed by atoms with Gasteiger partial charge in [-0.25, -0.2) is 13.2 Å². The Morgan fingerprint density at radius 1 is 1.12 bits per heavy atom. The summed E-state index contributed by atoms with van der Waals surface area (Å²) in [5, 5.41) is 0. The van der Waals surface area contributed by atoms with Crippen LogP contribution in [0.15, 0.2) is 17.0 Å². The Balaban J connectivity index is 2.18. The van der Waals surface area contributed by atoms with E-state index in [1.165, 1.54) is 9.21 Å². The lowest BCUT2D eigenvalue weighted by molar-refractivity contribution is 0.0934. The summed E-state index contributed by atoms with van der Waals surface area (Å²) < 4.78 is 37.4. The zero-order valence-corrected chi connectivity index (χ0v) is 15.4. The quantitative estimate of drug-likeness (QED) is 0.822. The smallest absolute Gasteiger partial charge is 0.409 e. The number of carbonyl (C=O) groups excluding carboxylic acids is 1. The summed E-state index contributed by atoms with van der Waals surface area (Å²) in [5.74, 6) is 0.665. The van der Waals surface area contributed by atoms with Gasteiger partial charge in [-0.05, 0) is 44.0 Å². The van der Waals surface area contributed by atoms with E-state index in [1.807, 2.05) is 6.92 Å². The van der Waals surface area contributed by atoms with Crippen LogP contribution < -0.4 is 4.74 Å². The molecule has 0 spiro atoms. The maximum atomic E-state index is 12.9. The number of rotatable bonds is 4. The minimum Gasteiger partial charge on any atom is -0.496 e. The lowest BCUT2D eigenvalue weighted by Gasteiger charge is -2.33. The SMILES string of the molecule is CCOC(=O)N1CCN(S(=O)(=O)c2ccc(OC)c(C)c2C)CC1. The van der Waals surface area contributed by atoms with Gasteiger partial charge in [0.25, 0.3) is 0 Å². The number of sulfonamides is 1. The van der Waals surface area contributed by atoms with Gasteiger partial charge < -0.3 is 14.4 Å². The molecule has 7 nitrogen and oxygen atoms in total. The van der Waals surface area contributed by atoms with Crippen LogP contribution in [0, 0.1) is 13.8 Å². The maximum Gasteiger partial charge on any atom is 0.409 e. The highest BCUT2D eigenvalue weighted by atomic mass is 32.2. The maximum absolute atomic E-state index is 12.9. The molecule has 8 heteroatoms. The second kappa shape index (κ2) is 7.40. The lowest BCUT2D eigenvalue weighted by atomic mass is 10.1. The molecule has 0 bridgehead atoms. The fourth-order valence-electron chi connectivity index (χ4n) is 2.74. The first kappa shape index (κ1) is 18.5. The summed E-state index contributed by atoms with van der Waals surface area (Å²) in [4.78, 5) is 13.5. The summed E-state index contributed by atoms with van der Waals surface area (Å²) >= 11 is 0. The highest BCUT2D eigenvalue weighted by Gasteiger charge is 2.32. The van der Waals surface area contributed by atoms with E-state index in [2.05, 4.69) is 0 Å². The van der Waals surface area contributed by atoms with Crippen LogP contribution in [0.3, 0.4) is 0 Å². The van der Waals surface area contributed by atoms with Crippen molar-refractivity contribution in [2.45, 2.75) is 25.7 Å². The van der Waals surface area contributed by atoms with Crippen molar-refractivity contribution in [2.24, 2.45) is 0 Å². The van der Waals surface area contributed by atoms with Gasteiger partial charge in [0.1, 0.15) is 5.75 Å². The van der Waals surface area contributed by atoms with Gasteiger partial charge in [-0.2, -0.15) is 4.31 Å². The molecule has 1 amide bonds. The standard InChI is InChI=1S/C16H24N2O5S/c1-5-23-16(19)17-8-10-18(11-9-17)24(20,21)15-7-6-14(22-4)12(2)13(15)3/h6-7H,5,8-11H2,1-4H3. The van der Waals surface area contributed by atoms with Crippen LogP contribution in [-0.4, -0.2) is 63.6 Å². The van der Waals surface area contributed by atoms with Gasteiger partial charge in [-0.1, -0.05) is 0 Å². The summed E-state index contributed by atoms with van der Waals surface area (Å²) in [7, 11) is -2.04. The summed E-state index contributed by atoms with van der Waals surface area (Å²) in [5.41, 5.74) is 1.49. The topological polar surface area (TPSA) is 76.2 Å².